The molecule has 1 amide bonds. The van der Waals surface area contributed by atoms with Crippen LogP contribution in [0.25, 0.3) is 5.76 Å². The lowest BCUT2D eigenvalue weighted by Gasteiger charge is -2.26. The van der Waals surface area contributed by atoms with Gasteiger partial charge in [0.15, 0.2) is 0 Å². The molecular weight excluding hydrogens is 468 g/mol. The summed E-state index contributed by atoms with van der Waals surface area (Å²) in [6.45, 7) is 1.95. The number of hydrogen-bond acceptors (Lipinski definition) is 4. The lowest BCUT2D eigenvalue weighted by molar-refractivity contribution is -0.132. The van der Waals surface area contributed by atoms with Crippen LogP contribution in [-0.4, -0.2) is 30.9 Å². The number of rotatable bonds is 4. The van der Waals surface area contributed by atoms with Crippen LogP contribution in [0, 0.1) is 6.92 Å². The monoisotopic (exact) mass is 490 g/mol. The molecule has 3 aromatic carbocycles. The van der Waals surface area contributed by atoms with Gasteiger partial charge in [0.05, 0.1) is 11.6 Å². The third-order valence-electron chi connectivity index (χ3n) is 5.60. The number of amides is 1. The third-order valence-corrected chi connectivity index (χ3v) is 6.13. The Hall–Kier alpha value is -3.38. The maximum Gasteiger partial charge on any atom is 0.300 e. The molecule has 0 aliphatic carbocycles. The summed E-state index contributed by atoms with van der Waals surface area (Å²) in [4.78, 5) is 29.8. The second-order valence-corrected chi connectivity index (χ2v) is 8.91. The van der Waals surface area contributed by atoms with Crippen molar-refractivity contribution in [3.8, 4) is 0 Å². The first-order valence-electron chi connectivity index (χ1n) is 10.2. The van der Waals surface area contributed by atoms with Crippen molar-refractivity contribution in [2.24, 2.45) is 0 Å². The first-order valence-corrected chi connectivity index (χ1v) is 11.0. The van der Waals surface area contributed by atoms with Gasteiger partial charge in [0.1, 0.15) is 5.76 Å². The molecule has 1 aliphatic heterocycles. The number of aliphatic hydroxyl groups excluding tert-OH is 1. The van der Waals surface area contributed by atoms with Gasteiger partial charge in [-0.3, -0.25) is 14.5 Å². The minimum atomic E-state index is -0.741. The average Bonchev–Trinajstić information content (AvgIpc) is 3.05. The van der Waals surface area contributed by atoms with E-state index in [1.807, 2.05) is 86.6 Å². The largest absolute Gasteiger partial charge is 0.507 e. The predicted octanol–water partition coefficient (Wildman–Crippen LogP) is 5.45. The van der Waals surface area contributed by atoms with Gasteiger partial charge in [0, 0.05) is 35.5 Å². The molecular formula is C26H23BrN2O3. The molecule has 0 unspecified atom stereocenters. The fraction of sp³-hybridized carbons (Fsp3) is 0.154. The van der Waals surface area contributed by atoms with Crippen molar-refractivity contribution >= 4 is 44.8 Å². The minimum Gasteiger partial charge on any atom is -0.507 e. The van der Waals surface area contributed by atoms with Crippen molar-refractivity contribution in [2.45, 2.75) is 13.0 Å². The summed E-state index contributed by atoms with van der Waals surface area (Å²) in [7, 11) is 3.87. The van der Waals surface area contributed by atoms with Crippen molar-refractivity contribution in [3.05, 3.63) is 99.5 Å². The van der Waals surface area contributed by atoms with E-state index in [4.69, 9.17) is 0 Å². The highest BCUT2D eigenvalue weighted by molar-refractivity contribution is 9.10. The number of benzene rings is 3. The second kappa shape index (κ2) is 8.63. The third kappa shape index (κ3) is 3.94. The Labute approximate surface area is 195 Å². The van der Waals surface area contributed by atoms with E-state index >= 15 is 0 Å². The van der Waals surface area contributed by atoms with Crippen LogP contribution in [0.2, 0.25) is 0 Å². The van der Waals surface area contributed by atoms with Crippen molar-refractivity contribution in [2.75, 3.05) is 23.9 Å². The van der Waals surface area contributed by atoms with E-state index in [1.54, 1.807) is 12.1 Å². The lowest BCUT2D eigenvalue weighted by atomic mass is 9.95. The number of halogens is 1. The molecule has 0 bridgehead atoms. The fourth-order valence-electron chi connectivity index (χ4n) is 3.84. The van der Waals surface area contributed by atoms with Crippen molar-refractivity contribution in [3.63, 3.8) is 0 Å². The van der Waals surface area contributed by atoms with Gasteiger partial charge >= 0.3 is 0 Å². The minimum absolute atomic E-state index is 0.0814. The highest BCUT2D eigenvalue weighted by atomic mass is 79.9. The Morgan fingerprint density at radius 3 is 2.06 bits per heavy atom. The van der Waals surface area contributed by atoms with Gasteiger partial charge in [-0.25, -0.2) is 0 Å². The first-order chi connectivity index (χ1) is 15.3. The molecule has 1 heterocycles. The number of Topliss-reactive ketones (excluding diaryl/α,β-unsaturated/α-hetero) is 1. The molecule has 1 aliphatic rings. The molecule has 0 radical (unpaired) electrons. The summed E-state index contributed by atoms with van der Waals surface area (Å²) >= 11 is 3.43. The molecule has 1 saturated heterocycles. The molecule has 0 saturated carbocycles. The molecule has 6 heteroatoms. The molecule has 4 rings (SSSR count). The van der Waals surface area contributed by atoms with Gasteiger partial charge in [-0.2, -0.15) is 0 Å². The van der Waals surface area contributed by atoms with Crippen LogP contribution in [0.5, 0.6) is 0 Å². The number of ketones is 1. The van der Waals surface area contributed by atoms with Crippen molar-refractivity contribution in [1.29, 1.82) is 0 Å². The summed E-state index contributed by atoms with van der Waals surface area (Å²) in [5.41, 5.74) is 3.92. The number of hydrogen-bond donors (Lipinski definition) is 1. The van der Waals surface area contributed by atoms with Gasteiger partial charge in [0.2, 0.25) is 0 Å². The molecule has 1 N–H and O–H groups in total. The standard InChI is InChI=1S/C26H23BrN2O3/c1-16-4-6-18(7-5-16)24(30)22-23(17-8-10-19(27)11-9-17)29(26(32)25(22)31)21-14-12-20(13-15-21)28(2)3/h4-15,23,30H,1-3H3/t23-/m1/s1. The van der Waals surface area contributed by atoms with Crippen LogP contribution in [0.1, 0.15) is 22.7 Å². The number of aliphatic hydroxyl groups is 1. The molecule has 1 fully saturated rings. The van der Waals surface area contributed by atoms with Crippen LogP contribution in [0.4, 0.5) is 11.4 Å². The number of carbonyl (C=O) groups is 2. The summed E-state index contributed by atoms with van der Waals surface area (Å²) in [5, 5.41) is 11.1. The van der Waals surface area contributed by atoms with Crippen LogP contribution >= 0.6 is 15.9 Å². The maximum atomic E-state index is 13.2. The van der Waals surface area contributed by atoms with Crippen LogP contribution in [-0.2, 0) is 9.59 Å². The molecule has 5 nitrogen and oxygen atoms in total. The molecule has 0 spiro atoms. The number of anilines is 2. The Bertz CT molecular complexity index is 1200. The number of nitrogens with zero attached hydrogens (tertiary/aromatic N) is 2. The SMILES string of the molecule is Cc1ccc(C(O)=C2C(=O)C(=O)N(c3ccc(N(C)C)cc3)[C@@H]2c2ccc(Br)cc2)cc1. The number of carbonyl (C=O) groups excluding carboxylic acids is 2. The Morgan fingerprint density at radius 1 is 0.906 bits per heavy atom. The summed E-state index contributed by atoms with van der Waals surface area (Å²) in [6.07, 6.45) is 0. The van der Waals surface area contributed by atoms with Crippen molar-refractivity contribution in [1.82, 2.24) is 0 Å². The van der Waals surface area contributed by atoms with E-state index in [2.05, 4.69) is 15.9 Å². The highest BCUT2D eigenvalue weighted by Gasteiger charge is 2.46. The zero-order valence-electron chi connectivity index (χ0n) is 18.0. The summed E-state index contributed by atoms with van der Waals surface area (Å²) < 4.78 is 0.882. The van der Waals surface area contributed by atoms with Gasteiger partial charge < -0.3 is 10.0 Å². The molecule has 162 valence electrons. The second-order valence-electron chi connectivity index (χ2n) is 8.00. The van der Waals surface area contributed by atoms with E-state index in [0.29, 0.717) is 11.3 Å². The van der Waals surface area contributed by atoms with Crippen LogP contribution in [0.15, 0.2) is 82.8 Å². The highest BCUT2D eigenvalue weighted by Crippen LogP contribution is 2.42. The van der Waals surface area contributed by atoms with Gasteiger partial charge in [-0.1, -0.05) is 57.9 Å². The van der Waals surface area contributed by atoms with E-state index in [-0.39, 0.29) is 11.3 Å². The zero-order valence-corrected chi connectivity index (χ0v) is 19.6. The van der Waals surface area contributed by atoms with Crippen LogP contribution in [0.3, 0.4) is 0 Å². The molecule has 1 atom stereocenters. The smallest absolute Gasteiger partial charge is 0.300 e. The molecule has 3 aromatic rings. The van der Waals surface area contributed by atoms with Gasteiger partial charge in [-0.05, 0) is 48.9 Å². The van der Waals surface area contributed by atoms with Crippen molar-refractivity contribution < 1.29 is 14.7 Å². The van der Waals surface area contributed by atoms with E-state index < -0.39 is 17.7 Å². The topological polar surface area (TPSA) is 60.9 Å². The molecule has 32 heavy (non-hydrogen) atoms. The van der Waals surface area contributed by atoms with Gasteiger partial charge in [-0.15, -0.1) is 0 Å². The first kappa shape index (κ1) is 21.8. The average molecular weight is 491 g/mol. The van der Waals surface area contributed by atoms with E-state index in [1.165, 1.54) is 4.90 Å². The number of aryl methyl sites for hydroxylation is 1. The molecule has 0 aromatic heterocycles. The summed E-state index contributed by atoms with van der Waals surface area (Å²) in [5.74, 6) is -1.54. The Balaban J connectivity index is 1.90. The Kier molecular flexibility index (Phi) is 5.89. The Morgan fingerprint density at radius 2 is 1.50 bits per heavy atom. The zero-order chi connectivity index (χ0) is 23.0. The van der Waals surface area contributed by atoms with Crippen LogP contribution < -0.4 is 9.80 Å². The lowest BCUT2D eigenvalue weighted by Crippen LogP contribution is -2.29. The normalized spacial score (nSPS) is 17.6. The predicted molar refractivity (Wildman–Crippen MR) is 131 cm³/mol. The fourth-order valence-corrected chi connectivity index (χ4v) is 4.10. The van der Waals surface area contributed by atoms with E-state index in [0.717, 1.165) is 21.3 Å². The summed E-state index contributed by atoms with van der Waals surface area (Å²) in [6, 6.07) is 21.3. The maximum absolute atomic E-state index is 13.2. The van der Waals surface area contributed by atoms with E-state index in [9.17, 15) is 14.7 Å². The quantitative estimate of drug-likeness (QED) is 0.300. The van der Waals surface area contributed by atoms with Gasteiger partial charge in [0.25, 0.3) is 11.7 Å².